The van der Waals surface area contributed by atoms with Crippen LogP contribution in [0.15, 0.2) is 52.3 Å². The number of aromatic amines is 1. The van der Waals surface area contributed by atoms with Crippen LogP contribution < -0.4 is 0 Å². The Hall–Kier alpha value is -2.29. The van der Waals surface area contributed by atoms with E-state index in [0.29, 0.717) is 10.9 Å². The monoisotopic (exact) mass is 400 g/mol. The summed E-state index contributed by atoms with van der Waals surface area (Å²) in [7, 11) is 0. The van der Waals surface area contributed by atoms with Crippen molar-refractivity contribution in [1.29, 1.82) is 0 Å². The molecule has 1 N–H and O–H groups in total. The molecule has 0 amide bonds. The zero-order valence-corrected chi connectivity index (χ0v) is 15.9. The van der Waals surface area contributed by atoms with Gasteiger partial charge in [0, 0.05) is 21.6 Å². The van der Waals surface area contributed by atoms with Crippen molar-refractivity contribution in [2.75, 3.05) is 0 Å². The number of thiophene rings is 1. The molecule has 4 aromatic rings. The van der Waals surface area contributed by atoms with Crippen molar-refractivity contribution in [3.05, 3.63) is 69.4 Å². The summed E-state index contributed by atoms with van der Waals surface area (Å²) in [6.45, 7) is 0. The zero-order chi connectivity index (χ0) is 17.8. The Morgan fingerprint density at radius 3 is 2.77 bits per heavy atom. The van der Waals surface area contributed by atoms with Gasteiger partial charge in [-0.3, -0.25) is 5.10 Å². The van der Waals surface area contributed by atoms with E-state index < -0.39 is 0 Å². The molecular weight excluding hydrogens is 387 g/mol. The summed E-state index contributed by atoms with van der Waals surface area (Å²) in [5.41, 5.74) is 1.88. The number of halogens is 1. The highest BCUT2D eigenvalue weighted by Gasteiger charge is 2.08. The molecule has 3 aromatic heterocycles. The summed E-state index contributed by atoms with van der Waals surface area (Å²) in [6, 6.07) is 10.4. The Morgan fingerprint density at radius 2 is 1.96 bits per heavy atom. The maximum Gasteiger partial charge on any atom is 0.209 e. The van der Waals surface area contributed by atoms with Gasteiger partial charge in [0.05, 0.1) is 5.69 Å². The summed E-state index contributed by atoms with van der Waals surface area (Å²) in [5, 5.41) is 12.8. The Bertz CT molecular complexity index is 1000. The van der Waals surface area contributed by atoms with Crippen molar-refractivity contribution in [3.8, 4) is 10.6 Å². The van der Waals surface area contributed by atoms with Gasteiger partial charge >= 0.3 is 0 Å². The summed E-state index contributed by atoms with van der Waals surface area (Å²) < 4.78 is 13.0. The molecule has 0 saturated heterocycles. The van der Waals surface area contributed by atoms with E-state index in [1.54, 1.807) is 34.8 Å². The Labute approximate surface area is 161 Å². The van der Waals surface area contributed by atoms with Crippen LogP contribution in [-0.4, -0.2) is 20.2 Å². The van der Waals surface area contributed by atoms with Gasteiger partial charge in [-0.25, -0.2) is 14.4 Å². The van der Waals surface area contributed by atoms with Crippen LogP contribution in [0.3, 0.4) is 0 Å². The Balaban J connectivity index is 1.37. The van der Waals surface area contributed by atoms with Gasteiger partial charge in [0.2, 0.25) is 5.16 Å². The molecule has 0 spiro atoms. The van der Waals surface area contributed by atoms with E-state index in [4.69, 9.17) is 0 Å². The molecule has 8 heteroatoms. The van der Waals surface area contributed by atoms with Gasteiger partial charge in [-0.1, -0.05) is 17.8 Å². The molecule has 0 aliphatic carbocycles. The third-order valence-corrected chi connectivity index (χ3v) is 6.08. The van der Waals surface area contributed by atoms with Crippen LogP contribution in [0, 0.1) is 5.82 Å². The van der Waals surface area contributed by atoms with Crippen molar-refractivity contribution in [2.24, 2.45) is 0 Å². The van der Waals surface area contributed by atoms with E-state index in [1.807, 2.05) is 35.0 Å². The summed E-state index contributed by atoms with van der Waals surface area (Å²) in [5.74, 6) is 1.17. The predicted octanol–water partition coefficient (Wildman–Crippen LogP) is 5.59. The molecule has 1 aromatic carbocycles. The first-order valence-electron chi connectivity index (χ1n) is 7.73. The fourth-order valence-electron chi connectivity index (χ4n) is 2.18. The third kappa shape index (κ3) is 4.27. The summed E-state index contributed by atoms with van der Waals surface area (Å²) in [4.78, 5) is 10.2. The molecule has 0 aliphatic rings. The molecule has 0 unspecified atom stereocenters. The zero-order valence-electron chi connectivity index (χ0n) is 13.4. The van der Waals surface area contributed by atoms with Gasteiger partial charge in [0.25, 0.3) is 0 Å². The van der Waals surface area contributed by atoms with Crippen LogP contribution in [0.2, 0.25) is 0 Å². The third-order valence-electron chi connectivity index (χ3n) is 3.42. The summed E-state index contributed by atoms with van der Waals surface area (Å²) >= 11 is 4.75. The van der Waals surface area contributed by atoms with Gasteiger partial charge in [0.1, 0.15) is 16.6 Å². The Morgan fingerprint density at radius 1 is 1.08 bits per heavy atom. The highest BCUT2D eigenvalue weighted by molar-refractivity contribution is 7.98. The number of rotatable bonds is 6. The lowest BCUT2D eigenvalue weighted by Crippen LogP contribution is -1.83. The van der Waals surface area contributed by atoms with E-state index in [9.17, 15) is 4.39 Å². The molecule has 0 radical (unpaired) electrons. The van der Waals surface area contributed by atoms with E-state index in [2.05, 4.69) is 20.2 Å². The topological polar surface area (TPSA) is 54.5 Å². The number of hydrogen-bond donors (Lipinski definition) is 1. The fourth-order valence-corrected chi connectivity index (χ4v) is 4.43. The summed E-state index contributed by atoms with van der Waals surface area (Å²) in [6.07, 6.45) is 3.92. The van der Waals surface area contributed by atoms with Crippen molar-refractivity contribution in [2.45, 2.75) is 10.9 Å². The largest absolute Gasteiger partial charge is 0.259 e. The first-order valence-corrected chi connectivity index (χ1v) is 10.5. The SMILES string of the molecule is Fc1ccc(-c2nc(CSc3n[nH]c(/C=C/c4cccs4)n3)cs2)cc1. The normalized spacial score (nSPS) is 11.4. The van der Waals surface area contributed by atoms with Gasteiger partial charge in [-0.2, -0.15) is 0 Å². The van der Waals surface area contributed by atoms with Gasteiger partial charge in [0.15, 0.2) is 0 Å². The number of nitrogens with zero attached hydrogens (tertiary/aromatic N) is 3. The highest BCUT2D eigenvalue weighted by atomic mass is 32.2. The molecule has 3 heterocycles. The van der Waals surface area contributed by atoms with Crippen molar-refractivity contribution < 1.29 is 4.39 Å². The molecule has 0 atom stereocenters. The predicted molar refractivity (Wildman–Crippen MR) is 107 cm³/mol. The molecule has 0 aliphatic heterocycles. The quantitative estimate of drug-likeness (QED) is 0.429. The first kappa shape index (κ1) is 17.1. The number of hydrogen-bond acceptors (Lipinski definition) is 6. The molecule has 0 fully saturated rings. The average Bonchev–Trinajstić information content (AvgIpc) is 3.40. The van der Waals surface area contributed by atoms with Crippen LogP contribution >= 0.6 is 34.4 Å². The van der Waals surface area contributed by atoms with Crippen LogP contribution in [-0.2, 0) is 5.75 Å². The van der Waals surface area contributed by atoms with Crippen molar-refractivity contribution in [3.63, 3.8) is 0 Å². The highest BCUT2D eigenvalue weighted by Crippen LogP contribution is 2.27. The lowest BCUT2D eigenvalue weighted by Gasteiger charge is -1.95. The maximum absolute atomic E-state index is 13.0. The van der Waals surface area contributed by atoms with Gasteiger partial charge in [-0.15, -0.1) is 27.8 Å². The van der Waals surface area contributed by atoms with Crippen LogP contribution in [0.25, 0.3) is 22.7 Å². The van der Waals surface area contributed by atoms with E-state index in [-0.39, 0.29) is 5.82 Å². The molecule has 26 heavy (non-hydrogen) atoms. The van der Waals surface area contributed by atoms with Crippen LogP contribution in [0.4, 0.5) is 4.39 Å². The number of nitrogens with one attached hydrogen (secondary N) is 1. The number of aromatic nitrogens is 4. The lowest BCUT2D eigenvalue weighted by atomic mass is 10.2. The minimum absolute atomic E-state index is 0.241. The van der Waals surface area contributed by atoms with E-state index >= 15 is 0 Å². The minimum Gasteiger partial charge on any atom is -0.259 e. The second-order valence-corrected chi connectivity index (χ2v) is 8.07. The first-order chi connectivity index (χ1) is 12.8. The second-order valence-electron chi connectivity index (χ2n) is 5.29. The molecule has 4 nitrogen and oxygen atoms in total. The number of thioether (sulfide) groups is 1. The van der Waals surface area contributed by atoms with E-state index in [1.165, 1.54) is 28.8 Å². The molecule has 130 valence electrons. The van der Waals surface area contributed by atoms with Crippen molar-refractivity contribution >= 4 is 46.6 Å². The molecule has 0 saturated carbocycles. The number of benzene rings is 1. The minimum atomic E-state index is -0.241. The average molecular weight is 401 g/mol. The fraction of sp³-hybridized carbons (Fsp3) is 0.0556. The smallest absolute Gasteiger partial charge is 0.209 e. The van der Waals surface area contributed by atoms with Gasteiger partial charge < -0.3 is 0 Å². The standard InChI is InChI=1S/C18H13FN4S3/c19-13-5-3-12(4-6-13)17-20-14(10-25-17)11-26-18-21-16(22-23-18)8-7-15-2-1-9-24-15/h1-10H,11H2,(H,21,22,23)/b8-7+. The molecular formula is C18H13FN4S3. The number of H-pyrrole nitrogens is 1. The Kier molecular flexibility index (Phi) is 5.24. The maximum atomic E-state index is 13.0. The van der Waals surface area contributed by atoms with Crippen molar-refractivity contribution in [1.82, 2.24) is 20.2 Å². The molecule has 0 bridgehead atoms. The van der Waals surface area contributed by atoms with Gasteiger partial charge in [-0.05, 0) is 47.9 Å². The van der Waals surface area contributed by atoms with E-state index in [0.717, 1.165) is 22.1 Å². The second kappa shape index (κ2) is 7.94. The van der Waals surface area contributed by atoms with Crippen LogP contribution in [0.5, 0.6) is 0 Å². The lowest BCUT2D eigenvalue weighted by molar-refractivity contribution is 0.628. The molecule has 4 rings (SSSR count). The van der Waals surface area contributed by atoms with Crippen LogP contribution in [0.1, 0.15) is 16.4 Å². The number of thiazole rings is 1.